The molecule has 8 heavy (non-hydrogen) atoms. The van der Waals surface area contributed by atoms with Gasteiger partial charge in [-0.05, 0) is 0 Å². The van der Waals surface area contributed by atoms with E-state index in [1.54, 1.807) is 0 Å². The molecule has 1 fully saturated rings. The maximum atomic E-state index is 10.4. The van der Waals surface area contributed by atoms with E-state index < -0.39 is 0 Å². The maximum Gasteiger partial charge on any atom is 0.167 e. The van der Waals surface area contributed by atoms with Crippen LogP contribution in [0.1, 0.15) is 6.42 Å². The summed E-state index contributed by atoms with van der Waals surface area (Å²) in [4.78, 5) is 10.4. The molecule has 3 heteroatoms. The quantitative estimate of drug-likeness (QED) is 0.449. The lowest BCUT2D eigenvalue weighted by atomic mass is 10.3. The first-order valence-electron chi connectivity index (χ1n) is 2.45. The van der Waals surface area contributed by atoms with Crippen LogP contribution in [0.25, 0.3) is 0 Å². The highest BCUT2D eigenvalue weighted by atomic mass is 16.7. The van der Waals surface area contributed by atoms with Crippen LogP contribution in [0.2, 0.25) is 0 Å². The van der Waals surface area contributed by atoms with Gasteiger partial charge in [0, 0.05) is 6.42 Å². The zero-order valence-corrected chi connectivity index (χ0v) is 4.42. The number of hydrogen-bond donors (Lipinski definition) is 0. The van der Waals surface area contributed by atoms with E-state index >= 15 is 0 Å². The van der Waals surface area contributed by atoms with Crippen LogP contribution in [-0.4, -0.2) is 19.2 Å². The molecule has 1 radical (unpaired) electrons. The Morgan fingerprint density at radius 2 is 2.50 bits per heavy atom. The minimum Gasteiger partial charge on any atom is -0.355 e. The highest BCUT2D eigenvalue weighted by molar-refractivity contribution is 5.85. The number of Topliss-reactive ketones (excluding diaryl/α,β-unsaturated/α-hetero) is 1. The van der Waals surface area contributed by atoms with Gasteiger partial charge in [0.2, 0.25) is 0 Å². The molecule has 0 atom stereocenters. The maximum absolute atomic E-state index is 10.4. The van der Waals surface area contributed by atoms with Crippen molar-refractivity contribution in [1.29, 1.82) is 0 Å². The standard InChI is InChI=1S/C5H7O3/c6-5-1-2-7-4-8-3-5/h3H,1-2,4H2. The summed E-state index contributed by atoms with van der Waals surface area (Å²) in [6, 6.07) is 0. The zero-order chi connectivity index (χ0) is 5.82. The minimum absolute atomic E-state index is 0.00231. The number of rotatable bonds is 0. The SMILES string of the molecule is O=C1[CH]OCOCC1. The van der Waals surface area contributed by atoms with Crippen molar-refractivity contribution >= 4 is 5.78 Å². The molecule has 1 heterocycles. The predicted molar refractivity (Wildman–Crippen MR) is 25.8 cm³/mol. The highest BCUT2D eigenvalue weighted by Gasteiger charge is 2.06. The molecule has 1 rings (SSSR count). The fraction of sp³-hybridized carbons (Fsp3) is 0.600. The Morgan fingerprint density at radius 1 is 1.62 bits per heavy atom. The minimum atomic E-state index is 0.00231. The second kappa shape index (κ2) is 2.79. The Kier molecular flexibility index (Phi) is 2.00. The smallest absolute Gasteiger partial charge is 0.167 e. The van der Waals surface area contributed by atoms with Gasteiger partial charge >= 0.3 is 0 Å². The van der Waals surface area contributed by atoms with Gasteiger partial charge in [0.25, 0.3) is 0 Å². The molecule has 3 nitrogen and oxygen atoms in total. The average Bonchev–Trinajstić information content (AvgIpc) is 1.94. The van der Waals surface area contributed by atoms with Crippen molar-refractivity contribution in [2.45, 2.75) is 6.42 Å². The van der Waals surface area contributed by atoms with Gasteiger partial charge in [-0.1, -0.05) is 0 Å². The van der Waals surface area contributed by atoms with E-state index in [1.807, 2.05) is 0 Å². The van der Waals surface area contributed by atoms with Gasteiger partial charge in [0.15, 0.2) is 12.4 Å². The molecule has 0 bridgehead atoms. The third-order valence-electron chi connectivity index (χ3n) is 0.859. The summed E-state index contributed by atoms with van der Waals surface area (Å²) < 4.78 is 9.40. The molecule has 0 spiro atoms. The van der Waals surface area contributed by atoms with E-state index in [4.69, 9.17) is 4.74 Å². The molecule has 0 N–H and O–H groups in total. The molecular formula is C5H7O3. The fourth-order valence-electron chi connectivity index (χ4n) is 0.466. The van der Waals surface area contributed by atoms with Gasteiger partial charge < -0.3 is 9.47 Å². The first-order valence-corrected chi connectivity index (χ1v) is 2.45. The summed E-state index contributed by atoms with van der Waals surface area (Å²) in [5.74, 6) is 0.00231. The second-order valence-corrected chi connectivity index (χ2v) is 1.53. The summed E-state index contributed by atoms with van der Waals surface area (Å²) >= 11 is 0. The van der Waals surface area contributed by atoms with E-state index in [2.05, 4.69) is 4.74 Å². The lowest BCUT2D eigenvalue weighted by Gasteiger charge is -1.92. The third kappa shape index (κ3) is 1.60. The monoisotopic (exact) mass is 115 g/mol. The summed E-state index contributed by atoms with van der Waals surface area (Å²) in [6.07, 6.45) is 0.444. The Balaban J connectivity index is 2.27. The van der Waals surface area contributed by atoms with Crippen LogP contribution in [0.5, 0.6) is 0 Å². The summed E-state index contributed by atoms with van der Waals surface area (Å²) in [5, 5.41) is 0. The molecule has 1 aliphatic rings. The van der Waals surface area contributed by atoms with Gasteiger partial charge in [0.05, 0.1) is 6.61 Å². The molecule has 0 aromatic rings. The fourth-order valence-corrected chi connectivity index (χ4v) is 0.466. The molecular weight excluding hydrogens is 108 g/mol. The molecule has 0 aromatic carbocycles. The third-order valence-corrected chi connectivity index (χ3v) is 0.859. The van der Waals surface area contributed by atoms with Crippen LogP contribution in [-0.2, 0) is 14.3 Å². The van der Waals surface area contributed by atoms with Crippen molar-refractivity contribution in [3.05, 3.63) is 6.61 Å². The average molecular weight is 115 g/mol. The van der Waals surface area contributed by atoms with Gasteiger partial charge in [-0.25, -0.2) is 0 Å². The molecule has 1 saturated heterocycles. The first-order chi connectivity index (χ1) is 3.89. The van der Waals surface area contributed by atoms with Gasteiger partial charge in [-0.15, -0.1) is 0 Å². The molecule has 45 valence electrons. The van der Waals surface area contributed by atoms with Gasteiger partial charge in [-0.2, -0.15) is 0 Å². The van der Waals surface area contributed by atoms with Crippen LogP contribution >= 0.6 is 0 Å². The van der Waals surface area contributed by atoms with Crippen LogP contribution in [0.15, 0.2) is 0 Å². The topological polar surface area (TPSA) is 35.5 Å². The molecule has 0 amide bonds. The molecule has 1 aliphatic heterocycles. The second-order valence-electron chi connectivity index (χ2n) is 1.53. The van der Waals surface area contributed by atoms with E-state index in [-0.39, 0.29) is 12.6 Å². The van der Waals surface area contributed by atoms with Gasteiger partial charge in [-0.3, -0.25) is 4.79 Å². The number of hydrogen-bond acceptors (Lipinski definition) is 3. The summed E-state index contributed by atoms with van der Waals surface area (Å²) in [5.41, 5.74) is 0. The van der Waals surface area contributed by atoms with Crippen LogP contribution in [0, 0.1) is 6.61 Å². The summed E-state index contributed by atoms with van der Waals surface area (Å²) in [6.45, 7) is 1.90. The Labute approximate surface area is 47.6 Å². The van der Waals surface area contributed by atoms with Crippen molar-refractivity contribution < 1.29 is 14.3 Å². The number of carbonyl (C=O) groups excluding carboxylic acids is 1. The summed E-state index contributed by atoms with van der Waals surface area (Å²) in [7, 11) is 0. The van der Waals surface area contributed by atoms with Crippen molar-refractivity contribution in [2.24, 2.45) is 0 Å². The van der Waals surface area contributed by atoms with E-state index in [0.717, 1.165) is 0 Å². The molecule has 0 aromatic heterocycles. The largest absolute Gasteiger partial charge is 0.355 e. The lowest BCUT2D eigenvalue weighted by molar-refractivity contribution is -0.118. The van der Waals surface area contributed by atoms with Crippen LogP contribution in [0.4, 0.5) is 0 Å². The highest BCUT2D eigenvalue weighted by Crippen LogP contribution is 1.96. The van der Waals surface area contributed by atoms with Crippen molar-refractivity contribution in [3.8, 4) is 0 Å². The van der Waals surface area contributed by atoms with Crippen molar-refractivity contribution in [2.75, 3.05) is 13.4 Å². The van der Waals surface area contributed by atoms with Gasteiger partial charge in [0.1, 0.15) is 6.79 Å². The number of carbonyl (C=O) groups is 1. The van der Waals surface area contributed by atoms with E-state index in [0.29, 0.717) is 13.0 Å². The number of ether oxygens (including phenoxy) is 2. The Morgan fingerprint density at radius 3 is 3.38 bits per heavy atom. The van der Waals surface area contributed by atoms with Crippen molar-refractivity contribution in [1.82, 2.24) is 0 Å². The molecule has 0 saturated carbocycles. The number of ketones is 1. The van der Waals surface area contributed by atoms with E-state index in [1.165, 1.54) is 6.61 Å². The van der Waals surface area contributed by atoms with Crippen LogP contribution < -0.4 is 0 Å². The van der Waals surface area contributed by atoms with E-state index in [9.17, 15) is 4.79 Å². The first kappa shape index (κ1) is 5.72. The lowest BCUT2D eigenvalue weighted by Crippen LogP contribution is -1.97. The zero-order valence-electron chi connectivity index (χ0n) is 4.42. The predicted octanol–water partition coefficient (Wildman–Crippen LogP) is 0.112. The molecule has 0 aliphatic carbocycles. The normalized spacial score (nSPS) is 22.8. The Hall–Kier alpha value is -0.410. The van der Waals surface area contributed by atoms with Crippen molar-refractivity contribution in [3.63, 3.8) is 0 Å². The van der Waals surface area contributed by atoms with Crippen LogP contribution in [0.3, 0.4) is 0 Å². The molecule has 0 unspecified atom stereocenters. The Bertz CT molecular complexity index is 79.7.